The third-order valence-electron chi connectivity index (χ3n) is 13.1. The van der Waals surface area contributed by atoms with Crippen molar-refractivity contribution < 1.29 is 42.2 Å². The molecule has 4 amide bonds. The van der Waals surface area contributed by atoms with Crippen LogP contribution in [0.25, 0.3) is 22.3 Å². The maximum Gasteiger partial charge on any atom is 0.330 e. The van der Waals surface area contributed by atoms with Crippen LogP contribution in [0.2, 0.25) is 0 Å². The van der Waals surface area contributed by atoms with E-state index in [0.29, 0.717) is 65.2 Å². The maximum absolute atomic E-state index is 15.1. The number of hydrogen-bond acceptors (Lipinski definition) is 13. The van der Waals surface area contributed by atoms with Crippen molar-refractivity contribution in [3.8, 4) is 22.9 Å². The number of carboxylic acid groups (broad SMARTS) is 1. The number of carboxylic acids is 1. The molecule has 364 valence electrons. The standard InChI is InChI=1S/C48H60N8O9S3/c1-29(2)49-47-53-39(28-67-47)37-24-41(34-20-19-32(64-4)22-36(34)50-37)65-33-23-40-43(57)54-48(45(59)60)25-31(48)16-11-6-5-7-12-17-35(44(58)56(40)26-33)51-46(61)52-38(30-14-9-8-10-15-30)27-55(3)68(62,63)42-18-13-21-66-42/h11,13,16,18-22,24,28-29,31,33,35,40H,5-10,12,14-15,17,23,25-27H2,1-4H3,(H,49,53)(H,54,57)(H,59,60)(H2,51,52,61)/t31?,33-,35+,40+,48-/m1/s1. The number of likely N-dealkylation sites (N-methyl/N-ethyl adjacent to an activating group) is 1. The first-order valence-electron chi connectivity index (χ1n) is 23.3. The Kier molecular flexibility index (Phi) is 15.1. The van der Waals surface area contributed by atoms with E-state index < -0.39 is 63.5 Å². The van der Waals surface area contributed by atoms with Gasteiger partial charge in [-0.1, -0.05) is 37.5 Å². The molecule has 20 heteroatoms. The van der Waals surface area contributed by atoms with E-state index in [9.17, 15) is 27.9 Å². The second-order valence-corrected chi connectivity index (χ2v) is 22.4. The van der Waals surface area contributed by atoms with E-state index >= 15 is 4.79 Å². The zero-order chi connectivity index (χ0) is 48.2. The molecule has 1 saturated heterocycles. The van der Waals surface area contributed by atoms with Crippen molar-refractivity contribution in [1.29, 1.82) is 0 Å². The van der Waals surface area contributed by atoms with Gasteiger partial charge in [0.15, 0.2) is 5.13 Å². The van der Waals surface area contributed by atoms with Gasteiger partial charge in [-0.05, 0) is 94.4 Å². The Labute approximate surface area is 404 Å². The number of hydrogen-bond donors (Lipinski definition) is 5. The molecule has 5 heterocycles. The molecule has 0 bridgehead atoms. The third-order valence-corrected chi connectivity index (χ3v) is 17.0. The SMILES string of the molecule is COc1ccc2c(O[C@@H]3C[C@H]4C(=O)N[C@]5(C(=O)O)CC5C=CCCCCC[C@H](NC(=O)NC(CN(C)S(=O)(=O)c5cccs5)=C5CCCCC5)C(=O)N4C3)cc(-c3csc(NC(C)C)n3)nc2c1. The largest absolute Gasteiger partial charge is 0.497 e. The van der Waals surface area contributed by atoms with Gasteiger partial charge in [0.2, 0.25) is 11.8 Å². The number of amides is 4. The number of nitrogens with zero attached hydrogens (tertiary/aromatic N) is 4. The normalized spacial score (nSPS) is 23.6. The number of sulfonamides is 1. The van der Waals surface area contributed by atoms with E-state index in [2.05, 4.69) is 21.3 Å². The van der Waals surface area contributed by atoms with Crippen LogP contribution in [-0.4, -0.2) is 114 Å². The van der Waals surface area contributed by atoms with Crippen LogP contribution in [0, 0.1) is 5.92 Å². The number of allylic oxidation sites excluding steroid dienone is 2. The van der Waals surface area contributed by atoms with Crippen molar-refractivity contribution in [2.24, 2.45) is 5.92 Å². The second kappa shape index (κ2) is 21.0. The molecule has 4 aromatic rings. The van der Waals surface area contributed by atoms with Crippen LogP contribution < -0.4 is 30.7 Å². The van der Waals surface area contributed by atoms with Crippen LogP contribution in [0.15, 0.2) is 74.8 Å². The highest BCUT2D eigenvalue weighted by molar-refractivity contribution is 7.91. The number of benzene rings is 1. The van der Waals surface area contributed by atoms with E-state index in [4.69, 9.17) is 19.4 Å². The lowest BCUT2D eigenvalue weighted by molar-refractivity contribution is -0.145. The molecule has 3 fully saturated rings. The summed E-state index contributed by atoms with van der Waals surface area (Å²) in [4.78, 5) is 67.6. The summed E-state index contributed by atoms with van der Waals surface area (Å²) >= 11 is 2.57. The summed E-state index contributed by atoms with van der Waals surface area (Å²) in [5.74, 6) is -1.67. The number of urea groups is 1. The van der Waals surface area contributed by atoms with Gasteiger partial charge in [0, 0.05) is 54.0 Å². The van der Waals surface area contributed by atoms with Crippen molar-refractivity contribution >= 4 is 72.5 Å². The lowest BCUT2D eigenvalue weighted by Gasteiger charge is -2.30. The summed E-state index contributed by atoms with van der Waals surface area (Å²) in [5, 5.41) is 27.5. The van der Waals surface area contributed by atoms with E-state index in [1.807, 2.05) is 37.4 Å². The number of ether oxygens (including phenoxy) is 2. The summed E-state index contributed by atoms with van der Waals surface area (Å²) in [6.45, 7) is 3.93. The van der Waals surface area contributed by atoms with Gasteiger partial charge < -0.3 is 40.7 Å². The Morgan fingerprint density at radius 3 is 2.57 bits per heavy atom. The van der Waals surface area contributed by atoms with Crippen LogP contribution >= 0.6 is 22.7 Å². The van der Waals surface area contributed by atoms with Crippen molar-refractivity contribution in [2.45, 2.75) is 125 Å². The number of aliphatic carboxylic acids is 1. The highest BCUT2D eigenvalue weighted by atomic mass is 32.2. The Morgan fingerprint density at radius 2 is 1.84 bits per heavy atom. The van der Waals surface area contributed by atoms with E-state index in [1.54, 1.807) is 42.8 Å². The van der Waals surface area contributed by atoms with Gasteiger partial charge in [0.1, 0.15) is 45.1 Å². The van der Waals surface area contributed by atoms with Crippen molar-refractivity contribution in [2.75, 3.05) is 32.6 Å². The van der Waals surface area contributed by atoms with E-state index in [0.717, 1.165) is 54.1 Å². The van der Waals surface area contributed by atoms with Crippen molar-refractivity contribution in [3.63, 3.8) is 0 Å². The fraction of sp³-hybridized carbons (Fsp3) is 0.500. The molecule has 2 aliphatic heterocycles. The van der Waals surface area contributed by atoms with Crippen LogP contribution in [0.4, 0.5) is 9.93 Å². The second-order valence-electron chi connectivity index (χ2n) is 18.3. The topological polar surface area (TPSA) is 221 Å². The Balaban J connectivity index is 1.09. The fourth-order valence-corrected chi connectivity index (χ4v) is 12.5. The minimum Gasteiger partial charge on any atom is -0.497 e. The number of fused-ring (bicyclic) bond motifs is 3. The van der Waals surface area contributed by atoms with Crippen LogP contribution in [0.1, 0.15) is 90.9 Å². The van der Waals surface area contributed by atoms with Gasteiger partial charge in [-0.25, -0.2) is 28.0 Å². The Hall–Kier alpha value is -5.57. The van der Waals surface area contributed by atoms with Gasteiger partial charge in [-0.3, -0.25) is 9.59 Å². The molecule has 5 atom stereocenters. The predicted molar refractivity (Wildman–Crippen MR) is 261 cm³/mol. The van der Waals surface area contributed by atoms with Gasteiger partial charge in [0.25, 0.3) is 10.0 Å². The van der Waals surface area contributed by atoms with Crippen LogP contribution in [0.3, 0.4) is 0 Å². The summed E-state index contributed by atoms with van der Waals surface area (Å²) in [6.07, 6.45) is 10.6. The minimum absolute atomic E-state index is 0.0302. The summed E-state index contributed by atoms with van der Waals surface area (Å²) in [6, 6.07) is 7.71. The minimum atomic E-state index is -3.84. The monoisotopic (exact) mass is 988 g/mol. The third kappa shape index (κ3) is 11.0. The number of carbonyl (C=O) groups excluding carboxylic acids is 3. The molecule has 0 radical (unpaired) electrons. The fourth-order valence-electron chi connectivity index (χ4n) is 9.29. The first kappa shape index (κ1) is 48.9. The molecular formula is C48H60N8O9S3. The molecule has 2 aliphatic carbocycles. The molecule has 3 aromatic heterocycles. The number of nitrogens with one attached hydrogen (secondary N) is 4. The lowest BCUT2D eigenvalue weighted by Crippen LogP contribution is -2.57. The average molecular weight is 989 g/mol. The summed E-state index contributed by atoms with van der Waals surface area (Å²) in [5.41, 5.74) is 1.65. The first-order valence-corrected chi connectivity index (χ1v) is 26.5. The summed E-state index contributed by atoms with van der Waals surface area (Å²) < 4.78 is 40.8. The molecular weight excluding hydrogens is 929 g/mol. The predicted octanol–water partition coefficient (Wildman–Crippen LogP) is 7.28. The quantitative estimate of drug-likeness (QED) is 0.0835. The molecule has 1 unspecified atom stereocenters. The van der Waals surface area contributed by atoms with Gasteiger partial charge in [-0.2, -0.15) is 4.31 Å². The molecule has 4 aliphatic rings. The van der Waals surface area contributed by atoms with E-state index in [-0.39, 0.29) is 42.6 Å². The number of anilines is 1. The van der Waals surface area contributed by atoms with Gasteiger partial charge in [0.05, 0.1) is 31.4 Å². The molecule has 5 N–H and O–H groups in total. The molecule has 2 saturated carbocycles. The van der Waals surface area contributed by atoms with Crippen molar-refractivity contribution in [3.05, 3.63) is 70.6 Å². The maximum atomic E-state index is 15.1. The zero-order valence-electron chi connectivity index (χ0n) is 38.8. The molecule has 68 heavy (non-hydrogen) atoms. The average Bonchev–Trinajstić information content (AvgIpc) is 3.79. The number of thiophene rings is 1. The number of aromatic nitrogens is 2. The van der Waals surface area contributed by atoms with Gasteiger partial charge in [-0.15, -0.1) is 22.7 Å². The molecule has 1 aromatic carbocycles. The zero-order valence-corrected chi connectivity index (χ0v) is 41.2. The van der Waals surface area contributed by atoms with Gasteiger partial charge >= 0.3 is 12.0 Å². The number of rotatable bonds is 13. The number of methoxy groups -OCH3 is 1. The highest BCUT2D eigenvalue weighted by Gasteiger charge is 2.61. The lowest BCUT2D eigenvalue weighted by atomic mass is 9.93. The molecule has 17 nitrogen and oxygen atoms in total. The summed E-state index contributed by atoms with van der Waals surface area (Å²) in [7, 11) is -0.787. The van der Waals surface area contributed by atoms with Crippen molar-refractivity contribution in [1.82, 2.24) is 35.1 Å². The van der Waals surface area contributed by atoms with E-state index in [1.165, 1.54) is 27.6 Å². The molecule has 0 spiro atoms. The molecule has 8 rings (SSSR count). The number of thiazole rings is 1. The first-order chi connectivity index (χ1) is 32.6. The highest BCUT2D eigenvalue weighted by Crippen LogP contribution is 2.46. The Bertz CT molecular complexity index is 2680. The number of carbonyl (C=O) groups is 4. The Morgan fingerprint density at radius 1 is 1.04 bits per heavy atom. The van der Waals surface area contributed by atoms with Crippen LogP contribution in [0.5, 0.6) is 11.5 Å². The smallest absolute Gasteiger partial charge is 0.330 e. The number of pyridine rings is 1. The van der Waals surface area contributed by atoms with Crippen LogP contribution in [-0.2, 0) is 24.4 Å².